The van der Waals surface area contributed by atoms with E-state index in [2.05, 4.69) is 17.9 Å². The summed E-state index contributed by atoms with van der Waals surface area (Å²) in [5.74, 6) is 2.06. The zero-order chi connectivity index (χ0) is 19.5. The third kappa shape index (κ3) is 3.71. The maximum Gasteiger partial charge on any atom is 0.129 e. The second-order valence-electron chi connectivity index (χ2n) is 7.09. The van der Waals surface area contributed by atoms with Crippen molar-refractivity contribution in [2.45, 2.75) is 32.9 Å². The van der Waals surface area contributed by atoms with Crippen LogP contribution in [0.3, 0.4) is 0 Å². The molecule has 28 heavy (non-hydrogen) atoms. The Morgan fingerprint density at radius 3 is 2.61 bits per heavy atom. The van der Waals surface area contributed by atoms with E-state index in [1.807, 2.05) is 30.3 Å². The van der Waals surface area contributed by atoms with Crippen molar-refractivity contribution >= 4 is 0 Å². The molecule has 0 unspecified atom stereocenters. The third-order valence-corrected chi connectivity index (χ3v) is 5.23. The van der Waals surface area contributed by atoms with Gasteiger partial charge in [0, 0.05) is 49.2 Å². The Bertz CT molecular complexity index is 970. The van der Waals surface area contributed by atoms with Crippen molar-refractivity contribution in [1.29, 1.82) is 0 Å². The Morgan fingerprint density at radius 2 is 1.86 bits per heavy atom. The van der Waals surface area contributed by atoms with Crippen molar-refractivity contribution in [2.24, 2.45) is 0 Å². The average molecular weight is 375 g/mol. The van der Waals surface area contributed by atoms with Crippen molar-refractivity contribution in [1.82, 2.24) is 14.9 Å². The number of nitrogens with zero attached hydrogens (tertiary/aromatic N) is 3. The van der Waals surface area contributed by atoms with E-state index in [1.165, 1.54) is 11.1 Å². The molecule has 0 saturated carbocycles. The molecule has 0 aliphatic carbocycles. The Morgan fingerprint density at radius 1 is 1.07 bits per heavy atom. The molecule has 0 amide bonds. The number of aromatic hydroxyl groups is 1. The molecule has 144 valence electrons. The molecule has 0 saturated heterocycles. The van der Waals surface area contributed by atoms with Crippen molar-refractivity contribution in [3.8, 4) is 22.8 Å². The molecule has 5 heteroatoms. The maximum absolute atomic E-state index is 9.65. The molecular formula is C23H25N3O2. The summed E-state index contributed by atoms with van der Waals surface area (Å²) in [6.07, 6.45) is 1.72. The van der Waals surface area contributed by atoms with Crippen LogP contribution in [0.15, 0.2) is 48.5 Å². The van der Waals surface area contributed by atoms with Crippen molar-refractivity contribution < 1.29 is 9.84 Å². The third-order valence-electron chi connectivity index (χ3n) is 5.23. The number of para-hydroxylation sites is 1. The van der Waals surface area contributed by atoms with Crippen LogP contribution in [0.5, 0.6) is 11.5 Å². The summed E-state index contributed by atoms with van der Waals surface area (Å²) < 4.78 is 5.52. The molecule has 0 atom stereocenters. The summed E-state index contributed by atoms with van der Waals surface area (Å²) in [7, 11) is 1.72. The van der Waals surface area contributed by atoms with Crippen LogP contribution in [0, 0.1) is 0 Å². The largest absolute Gasteiger partial charge is 0.508 e. The normalized spacial score (nSPS) is 13.9. The van der Waals surface area contributed by atoms with Crippen LogP contribution in [0.4, 0.5) is 0 Å². The second-order valence-corrected chi connectivity index (χ2v) is 7.09. The fourth-order valence-electron chi connectivity index (χ4n) is 3.75. The summed E-state index contributed by atoms with van der Waals surface area (Å²) in [6.45, 7) is 4.67. The number of aromatic nitrogens is 2. The summed E-state index contributed by atoms with van der Waals surface area (Å²) in [5.41, 5.74) is 5.51. The first-order chi connectivity index (χ1) is 13.7. The van der Waals surface area contributed by atoms with Gasteiger partial charge in [0.25, 0.3) is 0 Å². The quantitative estimate of drug-likeness (QED) is 0.731. The first-order valence-corrected chi connectivity index (χ1v) is 9.70. The standard InChI is InChI=1S/C23H25N3O2/c1-3-22-24-20-12-13-26(14-17-6-4-5-7-21(17)28-2)15-19(20)23(25-22)16-8-10-18(27)11-9-16/h4-11,27H,3,12-15H2,1-2H3. The van der Waals surface area contributed by atoms with Gasteiger partial charge in [-0.25, -0.2) is 9.97 Å². The lowest BCUT2D eigenvalue weighted by Gasteiger charge is -2.30. The van der Waals surface area contributed by atoms with Gasteiger partial charge in [-0.3, -0.25) is 4.90 Å². The molecule has 0 radical (unpaired) electrons. The minimum Gasteiger partial charge on any atom is -0.508 e. The average Bonchev–Trinajstić information content (AvgIpc) is 2.74. The lowest BCUT2D eigenvalue weighted by atomic mass is 9.98. The lowest BCUT2D eigenvalue weighted by molar-refractivity contribution is 0.239. The Hall–Kier alpha value is -2.92. The molecule has 2 heterocycles. The molecular weight excluding hydrogens is 350 g/mol. The van der Waals surface area contributed by atoms with Gasteiger partial charge in [-0.15, -0.1) is 0 Å². The van der Waals surface area contributed by atoms with Crippen LogP contribution >= 0.6 is 0 Å². The predicted octanol–water partition coefficient (Wildman–Crippen LogP) is 3.98. The molecule has 1 aliphatic rings. The van der Waals surface area contributed by atoms with Crippen molar-refractivity contribution in [3.05, 3.63) is 71.2 Å². The minimum absolute atomic E-state index is 0.264. The number of phenols is 1. The van der Waals surface area contributed by atoms with Gasteiger partial charge in [0.15, 0.2) is 0 Å². The van der Waals surface area contributed by atoms with Gasteiger partial charge in [0.05, 0.1) is 18.5 Å². The van der Waals surface area contributed by atoms with Crippen molar-refractivity contribution in [3.63, 3.8) is 0 Å². The molecule has 1 aromatic heterocycles. The topological polar surface area (TPSA) is 58.5 Å². The monoisotopic (exact) mass is 375 g/mol. The van der Waals surface area contributed by atoms with E-state index in [0.717, 1.165) is 61.0 Å². The van der Waals surface area contributed by atoms with E-state index in [1.54, 1.807) is 19.2 Å². The summed E-state index contributed by atoms with van der Waals surface area (Å²) in [6, 6.07) is 15.5. The molecule has 5 nitrogen and oxygen atoms in total. The van der Waals surface area contributed by atoms with Gasteiger partial charge >= 0.3 is 0 Å². The lowest BCUT2D eigenvalue weighted by Crippen LogP contribution is -2.32. The Labute approximate surface area is 165 Å². The number of aryl methyl sites for hydroxylation is 1. The first kappa shape index (κ1) is 18.4. The predicted molar refractivity (Wildman–Crippen MR) is 109 cm³/mol. The van der Waals surface area contributed by atoms with E-state index in [9.17, 15) is 5.11 Å². The van der Waals surface area contributed by atoms with Gasteiger partial charge in [-0.05, 0) is 30.3 Å². The summed E-state index contributed by atoms with van der Waals surface area (Å²) in [4.78, 5) is 12.1. The SMILES string of the molecule is CCc1nc2c(c(-c3ccc(O)cc3)n1)CN(Cc1ccccc1OC)CC2. The van der Waals surface area contributed by atoms with E-state index >= 15 is 0 Å². The molecule has 2 aromatic carbocycles. The number of hydrogen-bond donors (Lipinski definition) is 1. The van der Waals surface area contributed by atoms with Gasteiger partial charge < -0.3 is 9.84 Å². The number of phenolic OH excluding ortho intramolecular Hbond substituents is 1. The molecule has 0 bridgehead atoms. The fourth-order valence-corrected chi connectivity index (χ4v) is 3.75. The molecule has 1 aliphatic heterocycles. The Balaban J connectivity index is 1.68. The van der Waals surface area contributed by atoms with E-state index in [0.29, 0.717) is 0 Å². The molecule has 4 rings (SSSR count). The zero-order valence-electron chi connectivity index (χ0n) is 16.4. The van der Waals surface area contributed by atoms with Crippen molar-refractivity contribution in [2.75, 3.05) is 13.7 Å². The van der Waals surface area contributed by atoms with E-state index in [4.69, 9.17) is 14.7 Å². The highest BCUT2D eigenvalue weighted by Crippen LogP contribution is 2.31. The number of ether oxygens (including phenoxy) is 1. The van der Waals surface area contributed by atoms with Gasteiger partial charge in [-0.1, -0.05) is 25.1 Å². The smallest absolute Gasteiger partial charge is 0.129 e. The zero-order valence-corrected chi connectivity index (χ0v) is 16.4. The number of methoxy groups -OCH3 is 1. The highest BCUT2D eigenvalue weighted by atomic mass is 16.5. The highest BCUT2D eigenvalue weighted by Gasteiger charge is 2.23. The number of rotatable bonds is 5. The minimum atomic E-state index is 0.264. The maximum atomic E-state index is 9.65. The molecule has 1 N–H and O–H groups in total. The number of hydrogen-bond acceptors (Lipinski definition) is 5. The van der Waals surface area contributed by atoms with Crippen LogP contribution in [-0.2, 0) is 25.9 Å². The molecule has 0 fully saturated rings. The number of fused-ring (bicyclic) bond motifs is 1. The van der Waals surface area contributed by atoms with Crippen LogP contribution in [0.2, 0.25) is 0 Å². The van der Waals surface area contributed by atoms with Gasteiger partial charge in [0.1, 0.15) is 17.3 Å². The second kappa shape index (κ2) is 7.98. The highest BCUT2D eigenvalue weighted by molar-refractivity contribution is 5.65. The van der Waals surface area contributed by atoms with Crippen LogP contribution < -0.4 is 4.74 Å². The number of benzene rings is 2. The Kier molecular flexibility index (Phi) is 5.26. The van der Waals surface area contributed by atoms with Crippen LogP contribution in [0.25, 0.3) is 11.3 Å². The van der Waals surface area contributed by atoms with Gasteiger partial charge in [-0.2, -0.15) is 0 Å². The van der Waals surface area contributed by atoms with Crippen LogP contribution in [0.1, 0.15) is 29.6 Å². The fraction of sp³-hybridized carbons (Fsp3) is 0.304. The van der Waals surface area contributed by atoms with Gasteiger partial charge in [0.2, 0.25) is 0 Å². The molecule has 3 aromatic rings. The molecule has 0 spiro atoms. The summed E-state index contributed by atoms with van der Waals surface area (Å²) in [5, 5.41) is 9.65. The van der Waals surface area contributed by atoms with E-state index < -0.39 is 0 Å². The summed E-state index contributed by atoms with van der Waals surface area (Å²) >= 11 is 0. The van der Waals surface area contributed by atoms with Crippen LogP contribution in [-0.4, -0.2) is 33.6 Å². The first-order valence-electron chi connectivity index (χ1n) is 9.70. The van der Waals surface area contributed by atoms with E-state index in [-0.39, 0.29) is 5.75 Å².